The number of hydrogen-bond donors (Lipinski definition) is 1. The lowest BCUT2D eigenvalue weighted by Crippen LogP contribution is -2.00. The van der Waals surface area contributed by atoms with Gasteiger partial charge in [-0.3, -0.25) is 0 Å². The second-order valence-electron chi connectivity index (χ2n) is 4.20. The van der Waals surface area contributed by atoms with E-state index in [4.69, 9.17) is 0 Å². The van der Waals surface area contributed by atoms with Crippen molar-refractivity contribution in [3.05, 3.63) is 41.5 Å². The molecule has 0 fully saturated rings. The van der Waals surface area contributed by atoms with Gasteiger partial charge in [0.1, 0.15) is 11.6 Å². The number of hydrogen-bond acceptors (Lipinski definition) is 1. The summed E-state index contributed by atoms with van der Waals surface area (Å²) in [4.78, 5) is 7.73. The first-order valence-electron chi connectivity index (χ1n) is 5.67. The number of fused-ring (bicyclic) bond motifs is 1. The third-order valence-electron chi connectivity index (χ3n) is 3.08. The smallest absolute Gasteiger partial charge is 0.140 e. The Bertz CT molecular complexity index is 493. The average Bonchev–Trinajstić information content (AvgIpc) is 2.73. The van der Waals surface area contributed by atoms with Crippen LogP contribution in [0.4, 0.5) is 4.39 Å². The molecule has 1 aromatic carbocycles. The van der Waals surface area contributed by atoms with Crippen molar-refractivity contribution in [3.63, 3.8) is 0 Å². The van der Waals surface area contributed by atoms with Crippen LogP contribution < -0.4 is 0 Å². The Balaban J connectivity index is 2.07. The maximum atomic E-state index is 13.6. The van der Waals surface area contributed by atoms with Gasteiger partial charge in [-0.1, -0.05) is 12.1 Å². The van der Waals surface area contributed by atoms with Crippen LogP contribution in [-0.4, -0.2) is 9.97 Å². The van der Waals surface area contributed by atoms with Crippen LogP contribution in [0.15, 0.2) is 24.3 Å². The maximum Gasteiger partial charge on any atom is 0.140 e. The summed E-state index contributed by atoms with van der Waals surface area (Å²) >= 11 is 0. The largest absolute Gasteiger partial charge is 0.342 e. The fourth-order valence-corrected chi connectivity index (χ4v) is 2.23. The molecule has 0 atom stereocenters. The van der Waals surface area contributed by atoms with Crippen LogP contribution in [0.2, 0.25) is 0 Å². The molecule has 16 heavy (non-hydrogen) atoms. The molecule has 2 aromatic rings. The number of nitrogens with zero attached hydrogens (tertiary/aromatic N) is 1. The topological polar surface area (TPSA) is 28.7 Å². The Morgan fingerprint density at radius 2 is 1.94 bits per heavy atom. The number of aromatic nitrogens is 2. The van der Waals surface area contributed by atoms with Crippen LogP contribution in [0.5, 0.6) is 0 Å². The summed E-state index contributed by atoms with van der Waals surface area (Å²) in [6.07, 6.45) is 4.44. The predicted molar refractivity (Wildman–Crippen MR) is 60.6 cm³/mol. The molecule has 3 heteroatoms. The minimum Gasteiger partial charge on any atom is -0.342 e. The zero-order valence-corrected chi connectivity index (χ0v) is 8.96. The fourth-order valence-electron chi connectivity index (χ4n) is 2.23. The van der Waals surface area contributed by atoms with Crippen LogP contribution >= 0.6 is 0 Å². The Morgan fingerprint density at radius 3 is 2.75 bits per heavy atom. The highest BCUT2D eigenvalue weighted by Crippen LogP contribution is 2.25. The quantitative estimate of drug-likeness (QED) is 0.779. The SMILES string of the molecule is Fc1ccccc1-c1nc2c([nH]1)CCCC2. The predicted octanol–water partition coefficient (Wildman–Crippen LogP) is 3.09. The molecule has 82 valence electrons. The summed E-state index contributed by atoms with van der Waals surface area (Å²) in [7, 11) is 0. The lowest BCUT2D eigenvalue weighted by molar-refractivity contribution is 0.630. The van der Waals surface area contributed by atoms with E-state index in [1.54, 1.807) is 12.1 Å². The molecule has 1 heterocycles. The van der Waals surface area contributed by atoms with E-state index in [0.717, 1.165) is 18.5 Å². The Labute approximate surface area is 93.5 Å². The van der Waals surface area contributed by atoms with Gasteiger partial charge in [-0.25, -0.2) is 9.37 Å². The molecule has 0 amide bonds. The van der Waals surface area contributed by atoms with Crippen molar-refractivity contribution < 1.29 is 4.39 Å². The van der Waals surface area contributed by atoms with E-state index < -0.39 is 0 Å². The molecule has 0 radical (unpaired) electrons. The minimum atomic E-state index is -0.214. The van der Waals surface area contributed by atoms with Gasteiger partial charge >= 0.3 is 0 Å². The molecule has 1 N–H and O–H groups in total. The monoisotopic (exact) mass is 216 g/mol. The molecule has 0 unspecified atom stereocenters. The van der Waals surface area contributed by atoms with E-state index in [1.165, 1.54) is 24.6 Å². The molecule has 0 spiro atoms. The number of aromatic amines is 1. The van der Waals surface area contributed by atoms with E-state index in [2.05, 4.69) is 9.97 Å². The number of nitrogens with one attached hydrogen (secondary N) is 1. The molecule has 3 rings (SSSR count). The van der Waals surface area contributed by atoms with E-state index in [1.807, 2.05) is 6.07 Å². The second kappa shape index (κ2) is 3.74. The molecule has 0 saturated heterocycles. The second-order valence-corrected chi connectivity index (χ2v) is 4.20. The molecule has 1 aliphatic rings. The molecule has 1 aromatic heterocycles. The Morgan fingerprint density at radius 1 is 1.12 bits per heavy atom. The van der Waals surface area contributed by atoms with Crippen LogP contribution in [0, 0.1) is 5.82 Å². The highest BCUT2D eigenvalue weighted by molar-refractivity contribution is 5.56. The van der Waals surface area contributed by atoms with Crippen molar-refractivity contribution in [1.29, 1.82) is 0 Å². The van der Waals surface area contributed by atoms with Crippen molar-refractivity contribution in [2.75, 3.05) is 0 Å². The van der Waals surface area contributed by atoms with Crippen molar-refractivity contribution in [1.82, 2.24) is 9.97 Å². The van der Waals surface area contributed by atoms with E-state index in [0.29, 0.717) is 11.4 Å². The first kappa shape index (κ1) is 9.58. The molecule has 2 nitrogen and oxygen atoms in total. The van der Waals surface area contributed by atoms with E-state index in [9.17, 15) is 4.39 Å². The maximum absolute atomic E-state index is 13.6. The van der Waals surface area contributed by atoms with Gasteiger partial charge in [0.15, 0.2) is 0 Å². The highest BCUT2D eigenvalue weighted by Gasteiger charge is 2.16. The number of rotatable bonds is 1. The van der Waals surface area contributed by atoms with Gasteiger partial charge in [0.05, 0.1) is 11.3 Å². The minimum absolute atomic E-state index is 0.214. The van der Waals surface area contributed by atoms with E-state index in [-0.39, 0.29) is 5.82 Å². The standard InChI is InChI=1S/C13H13FN2/c14-10-6-2-1-5-9(10)13-15-11-7-3-4-8-12(11)16-13/h1-2,5-6H,3-4,7-8H2,(H,15,16). The summed E-state index contributed by atoms with van der Waals surface area (Å²) in [6, 6.07) is 6.76. The number of aryl methyl sites for hydroxylation is 2. The summed E-state index contributed by atoms with van der Waals surface area (Å²) in [5, 5.41) is 0. The molecule has 1 aliphatic carbocycles. The van der Waals surface area contributed by atoms with Crippen molar-refractivity contribution in [3.8, 4) is 11.4 Å². The van der Waals surface area contributed by atoms with Crippen molar-refractivity contribution in [2.45, 2.75) is 25.7 Å². The number of halogens is 1. The van der Waals surface area contributed by atoms with Crippen LogP contribution in [-0.2, 0) is 12.8 Å². The van der Waals surface area contributed by atoms with E-state index >= 15 is 0 Å². The number of benzene rings is 1. The molecule has 0 aliphatic heterocycles. The van der Waals surface area contributed by atoms with Crippen molar-refractivity contribution >= 4 is 0 Å². The van der Waals surface area contributed by atoms with Gasteiger partial charge in [0, 0.05) is 5.69 Å². The summed E-state index contributed by atoms with van der Waals surface area (Å²) in [6.45, 7) is 0. The molecule has 0 bridgehead atoms. The van der Waals surface area contributed by atoms with Gasteiger partial charge in [-0.15, -0.1) is 0 Å². The first-order chi connectivity index (χ1) is 7.84. The Hall–Kier alpha value is -1.64. The molecular weight excluding hydrogens is 203 g/mol. The highest BCUT2D eigenvalue weighted by atomic mass is 19.1. The summed E-state index contributed by atoms with van der Waals surface area (Å²) in [5.74, 6) is 0.457. The first-order valence-corrected chi connectivity index (χ1v) is 5.67. The van der Waals surface area contributed by atoms with Gasteiger partial charge in [0.2, 0.25) is 0 Å². The van der Waals surface area contributed by atoms with Crippen LogP contribution in [0.25, 0.3) is 11.4 Å². The lowest BCUT2D eigenvalue weighted by Gasteiger charge is -2.07. The molecular formula is C13H13FN2. The average molecular weight is 216 g/mol. The molecule has 0 saturated carbocycles. The van der Waals surface area contributed by atoms with Crippen LogP contribution in [0.1, 0.15) is 24.2 Å². The third kappa shape index (κ3) is 1.52. The van der Waals surface area contributed by atoms with Gasteiger partial charge in [0.25, 0.3) is 0 Å². The number of imidazole rings is 1. The third-order valence-corrected chi connectivity index (χ3v) is 3.08. The van der Waals surface area contributed by atoms with Gasteiger partial charge in [-0.2, -0.15) is 0 Å². The fraction of sp³-hybridized carbons (Fsp3) is 0.308. The lowest BCUT2D eigenvalue weighted by atomic mass is 10.0. The summed E-state index contributed by atoms with van der Waals surface area (Å²) in [5.41, 5.74) is 2.87. The van der Waals surface area contributed by atoms with Crippen molar-refractivity contribution in [2.24, 2.45) is 0 Å². The normalized spacial score (nSPS) is 14.8. The zero-order valence-electron chi connectivity index (χ0n) is 8.96. The van der Waals surface area contributed by atoms with Gasteiger partial charge in [-0.05, 0) is 37.8 Å². The number of H-pyrrole nitrogens is 1. The van der Waals surface area contributed by atoms with Crippen LogP contribution in [0.3, 0.4) is 0 Å². The zero-order chi connectivity index (χ0) is 11.0. The van der Waals surface area contributed by atoms with Gasteiger partial charge < -0.3 is 4.98 Å². The Kier molecular flexibility index (Phi) is 2.24. The summed E-state index contributed by atoms with van der Waals surface area (Å²) < 4.78 is 13.6.